The van der Waals surface area contributed by atoms with Crippen molar-refractivity contribution in [3.63, 3.8) is 0 Å². The molecule has 2 rings (SSSR count). The van der Waals surface area contributed by atoms with Gasteiger partial charge in [0.25, 0.3) is 5.91 Å². The molecule has 1 atom stereocenters. The van der Waals surface area contributed by atoms with Gasteiger partial charge in [-0.25, -0.2) is 19.6 Å². The first-order valence-corrected chi connectivity index (χ1v) is 7.02. The second-order valence-electron chi connectivity index (χ2n) is 4.98. The molecule has 1 amide bonds. The molecular formula is C14H20N6O. The third kappa shape index (κ3) is 3.62. The van der Waals surface area contributed by atoms with Crippen LogP contribution < -0.4 is 5.32 Å². The van der Waals surface area contributed by atoms with Gasteiger partial charge in [0.05, 0.1) is 6.04 Å². The SMILES string of the molecule is CCCn1ncnc1C(C)NC(=O)c1cc(C)nc(C)n1. The standard InChI is InChI=1S/C14H20N6O/c1-5-6-20-13(15-8-16-20)10(3)18-14(21)12-7-9(2)17-11(4)19-12/h7-8,10H,5-6H2,1-4H3,(H,18,21). The number of nitrogens with one attached hydrogen (secondary N) is 1. The van der Waals surface area contributed by atoms with Crippen LogP contribution in [0.2, 0.25) is 0 Å². The van der Waals surface area contributed by atoms with Crippen LogP contribution in [-0.2, 0) is 6.54 Å². The highest BCUT2D eigenvalue weighted by molar-refractivity contribution is 5.92. The summed E-state index contributed by atoms with van der Waals surface area (Å²) in [5.74, 6) is 1.09. The third-order valence-electron chi connectivity index (χ3n) is 3.01. The molecule has 0 fully saturated rings. The molecule has 0 spiro atoms. The highest BCUT2D eigenvalue weighted by Crippen LogP contribution is 2.10. The summed E-state index contributed by atoms with van der Waals surface area (Å²) < 4.78 is 1.81. The van der Waals surface area contributed by atoms with Gasteiger partial charge in [-0.05, 0) is 33.3 Å². The summed E-state index contributed by atoms with van der Waals surface area (Å²) in [6.45, 7) is 8.34. The van der Waals surface area contributed by atoms with Crippen LogP contribution in [-0.4, -0.2) is 30.6 Å². The zero-order chi connectivity index (χ0) is 15.4. The van der Waals surface area contributed by atoms with Gasteiger partial charge in [0.15, 0.2) is 0 Å². The molecule has 2 heterocycles. The van der Waals surface area contributed by atoms with Crippen LogP contribution in [0.4, 0.5) is 0 Å². The Balaban J connectivity index is 2.13. The highest BCUT2D eigenvalue weighted by Gasteiger charge is 2.17. The zero-order valence-electron chi connectivity index (χ0n) is 12.8. The molecule has 7 nitrogen and oxygen atoms in total. The number of aryl methyl sites for hydroxylation is 3. The number of aromatic nitrogens is 5. The summed E-state index contributed by atoms with van der Waals surface area (Å²) in [5, 5.41) is 7.06. The quantitative estimate of drug-likeness (QED) is 0.903. The summed E-state index contributed by atoms with van der Waals surface area (Å²) >= 11 is 0. The first kappa shape index (κ1) is 15.1. The maximum atomic E-state index is 12.3. The minimum atomic E-state index is -0.234. The van der Waals surface area contributed by atoms with E-state index in [1.165, 1.54) is 6.33 Å². The molecule has 0 radical (unpaired) electrons. The Hall–Kier alpha value is -2.31. The molecule has 1 unspecified atom stereocenters. The number of nitrogens with zero attached hydrogens (tertiary/aromatic N) is 5. The van der Waals surface area contributed by atoms with Gasteiger partial charge in [-0.3, -0.25) is 4.79 Å². The normalized spacial score (nSPS) is 12.2. The number of hydrogen-bond acceptors (Lipinski definition) is 5. The van der Waals surface area contributed by atoms with Crippen LogP contribution in [0.5, 0.6) is 0 Å². The van der Waals surface area contributed by atoms with Gasteiger partial charge in [-0.2, -0.15) is 5.10 Å². The van der Waals surface area contributed by atoms with E-state index in [9.17, 15) is 4.79 Å². The topological polar surface area (TPSA) is 85.6 Å². The molecular weight excluding hydrogens is 268 g/mol. The molecule has 1 N–H and O–H groups in total. The maximum Gasteiger partial charge on any atom is 0.270 e. The van der Waals surface area contributed by atoms with Crippen molar-refractivity contribution < 1.29 is 4.79 Å². The molecule has 0 aliphatic rings. The van der Waals surface area contributed by atoms with E-state index in [0.29, 0.717) is 11.5 Å². The van der Waals surface area contributed by atoms with E-state index < -0.39 is 0 Å². The maximum absolute atomic E-state index is 12.3. The van der Waals surface area contributed by atoms with Crippen molar-refractivity contribution in [1.82, 2.24) is 30.0 Å². The molecule has 0 aromatic carbocycles. The first-order chi connectivity index (χ1) is 10.0. The van der Waals surface area contributed by atoms with Gasteiger partial charge in [-0.15, -0.1) is 0 Å². The number of hydrogen-bond donors (Lipinski definition) is 1. The molecule has 2 aromatic rings. The highest BCUT2D eigenvalue weighted by atomic mass is 16.1. The van der Waals surface area contributed by atoms with Crippen LogP contribution in [0.3, 0.4) is 0 Å². The summed E-state index contributed by atoms with van der Waals surface area (Å²) in [6, 6.07) is 1.44. The summed E-state index contributed by atoms with van der Waals surface area (Å²) in [4.78, 5) is 24.8. The van der Waals surface area contributed by atoms with Crippen LogP contribution in [0, 0.1) is 13.8 Å². The van der Waals surface area contributed by atoms with Crippen molar-refractivity contribution >= 4 is 5.91 Å². The Kier molecular flexibility index (Phi) is 4.62. The fourth-order valence-electron chi connectivity index (χ4n) is 2.16. The van der Waals surface area contributed by atoms with E-state index in [2.05, 4.69) is 32.3 Å². The molecule has 0 aliphatic heterocycles. The Morgan fingerprint density at radius 2 is 2.14 bits per heavy atom. The van der Waals surface area contributed by atoms with Crippen molar-refractivity contribution in [2.45, 2.75) is 46.7 Å². The lowest BCUT2D eigenvalue weighted by atomic mass is 10.2. The average Bonchev–Trinajstić information content (AvgIpc) is 2.86. The molecule has 21 heavy (non-hydrogen) atoms. The lowest BCUT2D eigenvalue weighted by Gasteiger charge is -2.14. The Bertz CT molecular complexity index is 616. The second kappa shape index (κ2) is 6.43. The minimum absolute atomic E-state index is 0.234. The average molecular weight is 288 g/mol. The Labute approximate surface area is 123 Å². The molecule has 0 aliphatic carbocycles. The second-order valence-corrected chi connectivity index (χ2v) is 4.98. The third-order valence-corrected chi connectivity index (χ3v) is 3.01. The minimum Gasteiger partial charge on any atom is -0.341 e. The predicted molar refractivity (Wildman–Crippen MR) is 77.7 cm³/mol. The number of carbonyl (C=O) groups is 1. The van der Waals surface area contributed by atoms with Crippen LogP contribution >= 0.6 is 0 Å². The van der Waals surface area contributed by atoms with Crippen molar-refractivity contribution in [1.29, 1.82) is 0 Å². The fourth-order valence-corrected chi connectivity index (χ4v) is 2.16. The Morgan fingerprint density at radius 1 is 1.38 bits per heavy atom. The van der Waals surface area contributed by atoms with Gasteiger partial charge >= 0.3 is 0 Å². The summed E-state index contributed by atoms with van der Waals surface area (Å²) in [5.41, 5.74) is 1.14. The molecule has 0 saturated heterocycles. The van der Waals surface area contributed by atoms with Crippen molar-refractivity contribution in [3.8, 4) is 0 Å². The van der Waals surface area contributed by atoms with E-state index in [1.54, 1.807) is 17.7 Å². The number of rotatable bonds is 5. The van der Waals surface area contributed by atoms with Gasteiger partial charge in [0, 0.05) is 12.2 Å². The lowest BCUT2D eigenvalue weighted by molar-refractivity contribution is 0.0931. The van der Waals surface area contributed by atoms with E-state index in [-0.39, 0.29) is 11.9 Å². The lowest BCUT2D eigenvalue weighted by Crippen LogP contribution is -2.30. The number of carbonyl (C=O) groups excluding carboxylic acids is 1. The first-order valence-electron chi connectivity index (χ1n) is 7.02. The van der Waals surface area contributed by atoms with Crippen LogP contribution in [0.15, 0.2) is 12.4 Å². The molecule has 0 bridgehead atoms. The van der Waals surface area contributed by atoms with Crippen molar-refractivity contribution in [2.24, 2.45) is 0 Å². The largest absolute Gasteiger partial charge is 0.341 e. The van der Waals surface area contributed by atoms with Crippen LogP contribution in [0.25, 0.3) is 0 Å². The fraction of sp³-hybridized carbons (Fsp3) is 0.500. The van der Waals surface area contributed by atoms with E-state index in [1.807, 2.05) is 13.8 Å². The smallest absolute Gasteiger partial charge is 0.270 e. The van der Waals surface area contributed by atoms with Gasteiger partial charge in [0.2, 0.25) is 0 Å². The van der Waals surface area contributed by atoms with Crippen LogP contribution in [0.1, 0.15) is 54.1 Å². The summed E-state index contributed by atoms with van der Waals surface area (Å²) in [6.07, 6.45) is 2.47. The number of amides is 1. The predicted octanol–water partition coefficient (Wildman–Crippen LogP) is 1.59. The van der Waals surface area contributed by atoms with E-state index in [4.69, 9.17) is 0 Å². The van der Waals surface area contributed by atoms with E-state index >= 15 is 0 Å². The van der Waals surface area contributed by atoms with Gasteiger partial charge in [0.1, 0.15) is 23.7 Å². The molecule has 112 valence electrons. The Morgan fingerprint density at radius 3 is 2.81 bits per heavy atom. The van der Waals surface area contributed by atoms with Gasteiger partial charge < -0.3 is 5.32 Å². The molecule has 2 aromatic heterocycles. The molecule has 0 saturated carbocycles. The van der Waals surface area contributed by atoms with Crippen molar-refractivity contribution in [2.75, 3.05) is 0 Å². The molecule has 7 heteroatoms. The van der Waals surface area contributed by atoms with E-state index in [0.717, 1.165) is 24.5 Å². The monoisotopic (exact) mass is 288 g/mol. The van der Waals surface area contributed by atoms with Gasteiger partial charge in [-0.1, -0.05) is 6.92 Å². The zero-order valence-corrected chi connectivity index (χ0v) is 12.8. The summed E-state index contributed by atoms with van der Waals surface area (Å²) in [7, 11) is 0. The van der Waals surface area contributed by atoms with Crippen molar-refractivity contribution in [3.05, 3.63) is 35.4 Å².